The summed E-state index contributed by atoms with van der Waals surface area (Å²) >= 11 is 0. The average Bonchev–Trinajstić information content (AvgIpc) is 2.90. The van der Waals surface area contributed by atoms with Gasteiger partial charge in [0.1, 0.15) is 17.2 Å². The molecule has 0 saturated heterocycles. The molecular formula is C34H42O3. The molecule has 196 valence electrons. The van der Waals surface area contributed by atoms with E-state index in [0.717, 1.165) is 64.6 Å². The Hall–Kier alpha value is -2.94. The van der Waals surface area contributed by atoms with Crippen LogP contribution in [-0.2, 0) is 5.41 Å². The standard InChI is InChI=1S/C34H42O3/c1-22-18-32(36)26(24-12-6-4-7-13-24)20-29(22)34(3,28-16-10-11-17-31(28)35)30-21-27(33(37)19-23(30)2)25-14-8-5-9-15-25/h10-11,16-21,24-25,35-37H,4-9,12-15H2,1-3H3. The lowest BCUT2D eigenvalue weighted by Gasteiger charge is -2.37. The molecule has 37 heavy (non-hydrogen) atoms. The van der Waals surface area contributed by atoms with Crippen LogP contribution in [0.5, 0.6) is 17.2 Å². The molecule has 2 fully saturated rings. The van der Waals surface area contributed by atoms with E-state index in [0.29, 0.717) is 23.3 Å². The largest absolute Gasteiger partial charge is 0.508 e. The topological polar surface area (TPSA) is 60.7 Å². The lowest BCUT2D eigenvalue weighted by Crippen LogP contribution is -2.28. The van der Waals surface area contributed by atoms with Crippen LogP contribution in [0.4, 0.5) is 0 Å². The maximum Gasteiger partial charge on any atom is 0.120 e. The second-order valence-corrected chi connectivity index (χ2v) is 11.8. The van der Waals surface area contributed by atoms with Crippen LogP contribution in [0.25, 0.3) is 0 Å². The number of hydrogen-bond acceptors (Lipinski definition) is 3. The number of aryl methyl sites for hydroxylation is 2. The van der Waals surface area contributed by atoms with Crippen molar-refractivity contribution >= 4 is 0 Å². The quantitative estimate of drug-likeness (QED) is 0.308. The van der Waals surface area contributed by atoms with Crippen molar-refractivity contribution in [1.82, 2.24) is 0 Å². The van der Waals surface area contributed by atoms with Gasteiger partial charge in [-0.1, -0.05) is 68.9 Å². The van der Waals surface area contributed by atoms with Crippen LogP contribution in [0.2, 0.25) is 0 Å². The van der Waals surface area contributed by atoms with Crippen molar-refractivity contribution in [1.29, 1.82) is 0 Å². The zero-order chi connectivity index (χ0) is 26.2. The number of phenolic OH excluding ortho intramolecular Hbond substituents is 3. The fourth-order valence-corrected chi connectivity index (χ4v) is 7.31. The van der Waals surface area contributed by atoms with E-state index in [9.17, 15) is 15.3 Å². The predicted molar refractivity (Wildman–Crippen MR) is 151 cm³/mol. The Bertz CT molecular complexity index is 1190. The van der Waals surface area contributed by atoms with Gasteiger partial charge in [0.25, 0.3) is 0 Å². The normalized spacial score (nSPS) is 17.7. The number of para-hydroxylation sites is 1. The number of benzene rings is 3. The van der Waals surface area contributed by atoms with Gasteiger partial charge in [0.2, 0.25) is 0 Å². The molecular weight excluding hydrogens is 456 g/mol. The molecule has 5 rings (SSSR count). The third-order valence-corrected chi connectivity index (χ3v) is 9.36. The molecule has 0 aliphatic heterocycles. The highest BCUT2D eigenvalue weighted by Gasteiger charge is 2.38. The van der Waals surface area contributed by atoms with Crippen molar-refractivity contribution in [2.45, 2.75) is 102 Å². The molecule has 0 radical (unpaired) electrons. The average molecular weight is 499 g/mol. The summed E-state index contributed by atoms with van der Waals surface area (Å²) in [6.07, 6.45) is 11.8. The Morgan fingerprint density at radius 2 is 1.00 bits per heavy atom. The molecule has 2 aliphatic carbocycles. The van der Waals surface area contributed by atoms with E-state index in [2.05, 4.69) is 32.9 Å². The van der Waals surface area contributed by atoms with E-state index in [-0.39, 0.29) is 5.75 Å². The zero-order valence-corrected chi connectivity index (χ0v) is 22.7. The second-order valence-electron chi connectivity index (χ2n) is 11.8. The van der Waals surface area contributed by atoms with Gasteiger partial charge in [-0.3, -0.25) is 0 Å². The minimum absolute atomic E-state index is 0.267. The third-order valence-electron chi connectivity index (χ3n) is 9.36. The summed E-state index contributed by atoms with van der Waals surface area (Å²) in [7, 11) is 0. The minimum atomic E-state index is -0.659. The van der Waals surface area contributed by atoms with Crippen molar-refractivity contribution in [3.05, 3.63) is 87.5 Å². The number of phenols is 3. The second kappa shape index (κ2) is 10.4. The fourth-order valence-electron chi connectivity index (χ4n) is 7.31. The van der Waals surface area contributed by atoms with Gasteiger partial charge in [-0.25, -0.2) is 0 Å². The molecule has 2 saturated carbocycles. The lowest BCUT2D eigenvalue weighted by atomic mass is 9.66. The van der Waals surface area contributed by atoms with Crippen LogP contribution in [0.1, 0.15) is 122 Å². The van der Waals surface area contributed by atoms with Crippen molar-refractivity contribution < 1.29 is 15.3 Å². The predicted octanol–water partition coefficient (Wildman–Crippen LogP) is 8.87. The van der Waals surface area contributed by atoms with Crippen LogP contribution in [0.15, 0.2) is 48.5 Å². The smallest absolute Gasteiger partial charge is 0.120 e. The first-order valence-electron chi connectivity index (χ1n) is 14.3. The van der Waals surface area contributed by atoms with E-state index in [1.165, 1.54) is 38.5 Å². The Morgan fingerprint density at radius 1 is 0.568 bits per heavy atom. The first-order valence-corrected chi connectivity index (χ1v) is 14.3. The number of rotatable bonds is 5. The number of aromatic hydroxyl groups is 3. The molecule has 0 heterocycles. The van der Waals surface area contributed by atoms with Gasteiger partial charge in [0, 0.05) is 11.0 Å². The highest BCUT2D eigenvalue weighted by Crippen LogP contribution is 2.50. The Balaban J connectivity index is 1.75. The van der Waals surface area contributed by atoms with Gasteiger partial charge in [0.05, 0.1) is 0 Å². The fraction of sp³-hybridized carbons (Fsp3) is 0.471. The van der Waals surface area contributed by atoms with E-state index >= 15 is 0 Å². The first kappa shape index (κ1) is 25.7. The summed E-state index contributed by atoms with van der Waals surface area (Å²) in [5.41, 5.74) is 6.49. The van der Waals surface area contributed by atoms with Crippen molar-refractivity contribution in [2.75, 3.05) is 0 Å². The summed E-state index contributed by atoms with van der Waals surface area (Å²) < 4.78 is 0. The summed E-state index contributed by atoms with van der Waals surface area (Å²) in [5, 5.41) is 33.3. The molecule has 3 aromatic rings. The van der Waals surface area contributed by atoms with Crippen LogP contribution >= 0.6 is 0 Å². The van der Waals surface area contributed by atoms with E-state index < -0.39 is 5.41 Å². The molecule has 3 N–H and O–H groups in total. The molecule has 2 aliphatic rings. The minimum Gasteiger partial charge on any atom is -0.508 e. The Kier molecular flexibility index (Phi) is 7.25. The Labute approximate surface area is 222 Å². The molecule has 3 aromatic carbocycles. The highest BCUT2D eigenvalue weighted by atomic mass is 16.3. The molecule has 0 amide bonds. The van der Waals surface area contributed by atoms with Crippen LogP contribution in [-0.4, -0.2) is 15.3 Å². The van der Waals surface area contributed by atoms with E-state index in [1.807, 2.05) is 30.3 Å². The molecule has 3 nitrogen and oxygen atoms in total. The lowest BCUT2D eigenvalue weighted by molar-refractivity contribution is 0.411. The van der Waals surface area contributed by atoms with Gasteiger partial charge in [-0.15, -0.1) is 0 Å². The van der Waals surface area contributed by atoms with Crippen molar-refractivity contribution in [2.24, 2.45) is 0 Å². The van der Waals surface area contributed by atoms with Gasteiger partial charge in [-0.05, 0) is 110 Å². The molecule has 0 aromatic heterocycles. The van der Waals surface area contributed by atoms with Gasteiger partial charge >= 0.3 is 0 Å². The molecule has 0 spiro atoms. The monoisotopic (exact) mass is 498 g/mol. The van der Waals surface area contributed by atoms with E-state index in [1.54, 1.807) is 6.07 Å². The van der Waals surface area contributed by atoms with Crippen LogP contribution < -0.4 is 0 Å². The van der Waals surface area contributed by atoms with Gasteiger partial charge in [-0.2, -0.15) is 0 Å². The highest BCUT2D eigenvalue weighted by molar-refractivity contribution is 5.61. The third kappa shape index (κ3) is 4.74. The maximum absolute atomic E-state index is 11.2. The first-order chi connectivity index (χ1) is 17.8. The molecule has 3 heteroatoms. The van der Waals surface area contributed by atoms with Gasteiger partial charge in [0.15, 0.2) is 0 Å². The summed E-state index contributed by atoms with van der Waals surface area (Å²) in [4.78, 5) is 0. The summed E-state index contributed by atoms with van der Waals surface area (Å²) in [6, 6.07) is 15.9. The van der Waals surface area contributed by atoms with Crippen LogP contribution in [0.3, 0.4) is 0 Å². The zero-order valence-electron chi connectivity index (χ0n) is 22.7. The summed E-state index contributed by atoms with van der Waals surface area (Å²) in [5.74, 6) is 1.76. The Morgan fingerprint density at radius 3 is 1.43 bits per heavy atom. The SMILES string of the molecule is Cc1cc(O)c(C2CCCCC2)cc1C(C)(c1cc(C2CCCCC2)c(O)cc1C)c1ccccc1O. The van der Waals surface area contributed by atoms with Crippen molar-refractivity contribution in [3.63, 3.8) is 0 Å². The van der Waals surface area contributed by atoms with Crippen molar-refractivity contribution in [3.8, 4) is 17.2 Å². The molecule has 0 unspecified atom stereocenters. The van der Waals surface area contributed by atoms with Crippen LogP contribution in [0, 0.1) is 13.8 Å². The molecule has 0 atom stereocenters. The maximum atomic E-state index is 11.2. The van der Waals surface area contributed by atoms with E-state index in [4.69, 9.17) is 0 Å². The number of hydrogen-bond donors (Lipinski definition) is 3. The molecule has 0 bridgehead atoms. The summed E-state index contributed by atoms with van der Waals surface area (Å²) in [6.45, 7) is 6.33. The van der Waals surface area contributed by atoms with Gasteiger partial charge < -0.3 is 15.3 Å².